The first-order chi connectivity index (χ1) is 14.6. The molecular formula is C23H25N3O3S. The zero-order valence-electron chi connectivity index (χ0n) is 16.8. The van der Waals surface area contributed by atoms with Gasteiger partial charge < -0.3 is 15.1 Å². The molecule has 6 nitrogen and oxygen atoms in total. The van der Waals surface area contributed by atoms with Crippen LogP contribution in [0.3, 0.4) is 0 Å². The third-order valence-electron chi connectivity index (χ3n) is 5.42. The van der Waals surface area contributed by atoms with E-state index in [0.717, 1.165) is 29.7 Å². The van der Waals surface area contributed by atoms with E-state index in [0.29, 0.717) is 25.3 Å². The Morgan fingerprint density at radius 1 is 0.967 bits per heavy atom. The Kier molecular flexibility index (Phi) is 6.38. The van der Waals surface area contributed by atoms with Crippen molar-refractivity contribution in [2.45, 2.75) is 36.0 Å². The Bertz CT molecular complexity index is 928. The lowest BCUT2D eigenvalue weighted by Crippen LogP contribution is -2.52. The number of benzene rings is 2. The summed E-state index contributed by atoms with van der Waals surface area (Å²) in [6, 6.07) is 17.1. The van der Waals surface area contributed by atoms with E-state index in [9.17, 15) is 14.4 Å². The standard InChI is InChI=1S/C23H25N3O3S/c27-20(24-15-17-9-3-1-4-10-17)16-26-18-11-5-6-12-19(18)30-21(23(26)29)22(28)25-13-7-2-8-14-25/h1,3-6,9-12,21H,2,7-8,13-16H2,(H,24,27)/t21-/m1/s1. The molecule has 1 N–H and O–H groups in total. The molecule has 2 aliphatic heterocycles. The summed E-state index contributed by atoms with van der Waals surface area (Å²) < 4.78 is 0. The number of piperidine rings is 1. The summed E-state index contributed by atoms with van der Waals surface area (Å²) in [7, 11) is 0. The summed E-state index contributed by atoms with van der Waals surface area (Å²) in [6.45, 7) is 1.69. The van der Waals surface area contributed by atoms with Gasteiger partial charge in [-0.3, -0.25) is 14.4 Å². The molecule has 2 heterocycles. The number of hydrogen-bond donors (Lipinski definition) is 1. The monoisotopic (exact) mass is 423 g/mol. The van der Waals surface area contributed by atoms with Crippen LogP contribution >= 0.6 is 11.8 Å². The van der Waals surface area contributed by atoms with Gasteiger partial charge in [-0.25, -0.2) is 0 Å². The molecule has 0 saturated carbocycles. The molecule has 1 saturated heterocycles. The Hall–Kier alpha value is -2.80. The minimum atomic E-state index is -0.833. The molecule has 0 aromatic heterocycles. The maximum atomic E-state index is 13.3. The highest BCUT2D eigenvalue weighted by atomic mass is 32.2. The zero-order valence-corrected chi connectivity index (χ0v) is 17.6. The average Bonchev–Trinajstić information content (AvgIpc) is 2.80. The molecule has 0 radical (unpaired) electrons. The fourth-order valence-corrected chi connectivity index (χ4v) is 5.00. The Labute approximate surface area is 180 Å². The van der Waals surface area contributed by atoms with Crippen LogP contribution < -0.4 is 10.2 Å². The molecule has 2 aromatic carbocycles. The minimum Gasteiger partial charge on any atom is -0.350 e. The maximum Gasteiger partial charge on any atom is 0.250 e. The third kappa shape index (κ3) is 4.51. The predicted octanol–water partition coefficient (Wildman–Crippen LogP) is 2.82. The van der Waals surface area contributed by atoms with Crippen molar-refractivity contribution in [3.05, 3.63) is 60.2 Å². The second-order valence-electron chi connectivity index (χ2n) is 7.54. The van der Waals surface area contributed by atoms with Gasteiger partial charge in [-0.1, -0.05) is 42.5 Å². The van der Waals surface area contributed by atoms with Crippen LogP contribution in [0.1, 0.15) is 24.8 Å². The van der Waals surface area contributed by atoms with Crippen LogP contribution in [-0.2, 0) is 20.9 Å². The maximum absolute atomic E-state index is 13.3. The van der Waals surface area contributed by atoms with Crippen molar-refractivity contribution < 1.29 is 14.4 Å². The van der Waals surface area contributed by atoms with Gasteiger partial charge in [0.2, 0.25) is 11.8 Å². The SMILES string of the molecule is O=C(CN1C(=O)[C@@H](C(=O)N2CCCCC2)Sc2ccccc21)NCc1ccccc1. The third-order valence-corrected chi connectivity index (χ3v) is 6.66. The summed E-state index contributed by atoms with van der Waals surface area (Å²) in [6.07, 6.45) is 3.06. The molecule has 4 rings (SSSR count). The molecule has 2 aliphatic rings. The van der Waals surface area contributed by atoms with Crippen LogP contribution in [0.4, 0.5) is 5.69 Å². The van der Waals surface area contributed by atoms with Gasteiger partial charge in [0.25, 0.3) is 5.91 Å². The lowest BCUT2D eigenvalue weighted by Gasteiger charge is -2.36. The van der Waals surface area contributed by atoms with E-state index in [1.807, 2.05) is 54.6 Å². The van der Waals surface area contributed by atoms with Crippen molar-refractivity contribution in [2.24, 2.45) is 0 Å². The van der Waals surface area contributed by atoms with Crippen molar-refractivity contribution in [1.82, 2.24) is 10.2 Å². The molecule has 0 spiro atoms. The van der Waals surface area contributed by atoms with E-state index >= 15 is 0 Å². The van der Waals surface area contributed by atoms with Crippen molar-refractivity contribution in [1.29, 1.82) is 0 Å². The van der Waals surface area contributed by atoms with Crippen LogP contribution in [-0.4, -0.2) is 47.5 Å². The Morgan fingerprint density at radius 3 is 2.43 bits per heavy atom. The normalized spacial score (nSPS) is 18.7. The Balaban J connectivity index is 1.49. The number of rotatable bonds is 5. The highest BCUT2D eigenvalue weighted by Crippen LogP contribution is 2.39. The van der Waals surface area contributed by atoms with Crippen LogP contribution in [0, 0.1) is 0 Å². The summed E-state index contributed by atoms with van der Waals surface area (Å²) in [5.41, 5.74) is 1.68. The van der Waals surface area contributed by atoms with Gasteiger partial charge in [0, 0.05) is 24.5 Å². The smallest absolute Gasteiger partial charge is 0.250 e. The second-order valence-corrected chi connectivity index (χ2v) is 8.69. The first-order valence-electron chi connectivity index (χ1n) is 10.3. The van der Waals surface area contributed by atoms with Gasteiger partial charge in [0.1, 0.15) is 6.54 Å². The first kappa shape index (κ1) is 20.5. The van der Waals surface area contributed by atoms with E-state index in [1.54, 1.807) is 4.90 Å². The average molecular weight is 424 g/mol. The quantitative estimate of drug-likeness (QED) is 0.751. The van der Waals surface area contributed by atoms with E-state index in [-0.39, 0.29) is 24.3 Å². The van der Waals surface area contributed by atoms with Gasteiger partial charge in [-0.2, -0.15) is 0 Å². The zero-order chi connectivity index (χ0) is 20.9. The van der Waals surface area contributed by atoms with Crippen LogP contribution in [0.2, 0.25) is 0 Å². The summed E-state index contributed by atoms with van der Waals surface area (Å²) in [5.74, 6) is -0.712. The predicted molar refractivity (Wildman–Crippen MR) is 117 cm³/mol. The van der Waals surface area contributed by atoms with E-state index < -0.39 is 5.25 Å². The lowest BCUT2D eigenvalue weighted by molar-refractivity contribution is -0.135. The number of likely N-dealkylation sites (tertiary alicyclic amines) is 1. The number of hydrogen-bond acceptors (Lipinski definition) is 4. The fourth-order valence-electron chi connectivity index (χ4n) is 3.81. The number of carbonyl (C=O) groups excluding carboxylic acids is 3. The van der Waals surface area contributed by atoms with Crippen LogP contribution in [0.5, 0.6) is 0 Å². The van der Waals surface area contributed by atoms with Crippen molar-refractivity contribution in [3.63, 3.8) is 0 Å². The number of amides is 3. The molecule has 30 heavy (non-hydrogen) atoms. The number of carbonyl (C=O) groups is 3. The number of nitrogens with one attached hydrogen (secondary N) is 1. The van der Waals surface area contributed by atoms with Gasteiger partial charge in [0.05, 0.1) is 5.69 Å². The topological polar surface area (TPSA) is 69.7 Å². The first-order valence-corrected chi connectivity index (χ1v) is 11.2. The molecule has 1 atom stereocenters. The molecule has 1 fully saturated rings. The molecule has 2 aromatic rings. The minimum absolute atomic E-state index is 0.104. The molecule has 3 amide bonds. The van der Waals surface area contributed by atoms with Crippen LogP contribution in [0.25, 0.3) is 0 Å². The number of thioether (sulfide) groups is 1. The number of nitrogens with zero attached hydrogens (tertiary/aromatic N) is 2. The number of para-hydroxylation sites is 1. The lowest BCUT2D eigenvalue weighted by atomic mass is 10.1. The van der Waals surface area contributed by atoms with E-state index in [1.165, 1.54) is 16.7 Å². The molecular weight excluding hydrogens is 398 g/mol. The van der Waals surface area contributed by atoms with E-state index in [2.05, 4.69) is 5.32 Å². The summed E-state index contributed by atoms with van der Waals surface area (Å²) in [4.78, 5) is 43.0. The van der Waals surface area contributed by atoms with Gasteiger partial charge >= 0.3 is 0 Å². The number of anilines is 1. The van der Waals surface area contributed by atoms with Gasteiger partial charge in [0.15, 0.2) is 5.25 Å². The Morgan fingerprint density at radius 2 is 1.67 bits per heavy atom. The molecule has 0 unspecified atom stereocenters. The second kappa shape index (κ2) is 9.34. The van der Waals surface area contributed by atoms with Crippen LogP contribution in [0.15, 0.2) is 59.5 Å². The van der Waals surface area contributed by atoms with E-state index in [4.69, 9.17) is 0 Å². The van der Waals surface area contributed by atoms with Crippen molar-refractivity contribution in [2.75, 3.05) is 24.5 Å². The van der Waals surface area contributed by atoms with Gasteiger partial charge in [-0.05, 0) is 37.0 Å². The van der Waals surface area contributed by atoms with Gasteiger partial charge in [-0.15, -0.1) is 11.8 Å². The molecule has 0 bridgehead atoms. The number of fused-ring (bicyclic) bond motifs is 1. The van der Waals surface area contributed by atoms with Crippen molar-refractivity contribution >= 4 is 35.2 Å². The molecule has 0 aliphatic carbocycles. The molecule has 156 valence electrons. The largest absolute Gasteiger partial charge is 0.350 e. The van der Waals surface area contributed by atoms with Crippen molar-refractivity contribution in [3.8, 4) is 0 Å². The fraction of sp³-hybridized carbons (Fsp3) is 0.348. The highest BCUT2D eigenvalue weighted by molar-refractivity contribution is 8.01. The highest BCUT2D eigenvalue weighted by Gasteiger charge is 2.40. The summed E-state index contributed by atoms with van der Waals surface area (Å²) in [5, 5.41) is 2.04. The summed E-state index contributed by atoms with van der Waals surface area (Å²) >= 11 is 1.29. The molecule has 7 heteroatoms.